The normalized spacial score (nSPS) is 20.6. The second-order valence-corrected chi connectivity index (χ2v) is 43.7. The Morgan fingerprint density at radius 3 is 0.475 bits per heavy atom. The third-order valence-corrected chi connectivity index (χ3v) is 36.5. The van der Waals surface area contributed by atoms with Gasteiger partial charge in [0.15, 0.2) is 0 Å². The van der Waals surface area contributed by atoms with Gasteiger partial charge in [0.05, 0.1) is 0 Å². The molecule has 0 heterocycles. The summed E-state index contributed by atoms with van der Waals surface area (Å²) in [5.41, 5.74) is 47.5. The minimum atomic E-state index is -0.761. The third kappa shape index (κ3) is 12.9. The monoisotopic (exact) mass is 2160 g/mol. The van der Waals surface area contributed by atoms with Gasteiger partial charge in [0.2, 0.25) is 0 Å². The van der Waals surface area contributed by atoms with Crippen molar-refractivity contribution >= 4 is 95.6 Å². The molecular formula is C132H87Br6N. The van der Waals surface area contributed by atoms with E-state index in [1.165, 1.54) is 200 Å². The Bertz CT molecular complexity index is 7260. The van der Waals surface area contributed by atoms with E-state index in [2.05, 4.69) is 556 Å². The predicted octanol–water partition coefficient (Wildman–Crippen LogP) is 36.3. The van der Waals surface area contributed by atoms with Crippen molar-refractivity contribution in [2.75, 3.05) is 0 Å². The SMILES string of the molecule is Brc1ccccc1C1c2ccccc2-c2cccc(C3(c4cccc5c4C(c4ccccc4Br)c4ccccc4-5)C=CC(N(C4=CCC(c5cccc6c5C(c5ccccc5Br)c5ccccc5-6)(c5cccc6c5C(c5ccccc5Br)c5ccccc5-6)C=C4)C4=CCC(c5cccc6c5C(c5ccccc5Br)c5ccccc5-6)(c5cccc6c5C(c5ccccc5Br)c5ccccc5-6)C=C4)=CC3)c21. The minimum Gasteiger partial charge on any atom is -0.312 e. The standard InChI is InChI=1S/C132H87Br6N/c133-112-61-19-13-43-100(112)118-88-37-7-1-31-82(88)94-49-25-55-106(124(94)118)130(107-56-26-50-95-83-32-2-8-38-89(83)119(125(95)107)101-44-14-20-62-113(101)134)73-67-79(68-74-130)139(80-69-75-131(76-70-80,108-57-27-51-96-84-33-3-9-39-90(84)120(126(96)108)102-45-15-21-63-114(102)135)109-58-28-52-97-85-34-4-10-40-91(85)121(127(97)109)103-46-16-22-64-115(103)136)81-71-77-132(78-72-81,110-59-29-53-98-86-35-5-11-41-92(86)122(128(98)110)104-47-17-23-65-116(104)137)111-60-30-54-99-87-36-6-12-42-93(87)123(129(99)111)105-48-18-24-66-117(105)138/h1-73,75,77,118-123H,74,76,78H2. The summed E-state index contributed by atoms with van der Waals surface area (Å²) in [5.74, 6) is -0.518. The van der Waals surface area contributed by atoms with Crippen LogP contribution in [0.1, 0.15) is 188 Å². The molecule has 0 N–H and O–H groups in total. The van der Waals surface area contributed by atoms with Crippen molar-refractivity contribution in [1.29, 1.82) is 0 Å². The van der Waals surface area contributed by atoms with Gasteiger partial charge in [-0.2, -0.15) is 0 Å². The molecule has 0 amide bonds. The maximum absolute atomic E-state index is 4.23. The van der Waals surface area contributed by atoms with Crippen molar-refractivity contribution < 1.29 is 0 Å². The first-order chi connectivity index (χ1) is 68.5. The van der Waals surface area contributed by atoms with Gasteiger partial charge in [-0.15, -0.1) is 0 Å². The van der Waals surface area contributed by atoms with Crippen molar-refractivity contribution in [1.82, 2.24) is 4.90 Å². The van der Waals surface area contributed by atoms with Gasteiger partial charge in [0.1, 0.15) is 0 Å². The van der Waals surface area contributed by atoms with Crippen LogP contribution >= 0.6 is 95.6 Å². The summed E-state index contributed by atoms with van der Waals surface area (Å²) in [7, 11) is 0. The van der Waals surface area contributed by atoms with Crippen LogP contribution in [0.5, 0.6) is 0 Å². The lowest BCUT2D eigenvalue weighted by molar-refractivity contribution is 0.514. The molecule has 0 saturated carbocycles. The topological polar surface area (TPSA) is 3.24 Å². The number of halogens is 6. The molecule has 0 saturated heterocycles. The average molecular weight is 2170 g/mol. The zero-order chi connectivity index (χ0) is 92.7. The van der Waals surface area contributed by atoms with Crippen LogP contribution in [0.25, 0.3) is 66.8 Å². The molecule has 0 fully saturated rings. The van der Waals surface area contributed by atoms with Gasteiger partial charge in [-0.3, -0.25) is 0 Å². The van der Waals surface area contributed by atoms with Gasteiger partial charge in [-0.05, 0) is 274 Å². The van der Waals surface area contributed by atoms with E-state index in [0.29, 0.717) is 19.3 Å². The Balaban J connectivity index is 0.712. The molecule has 1 nitrogen and oxygen atoms in total. The molecule has 18 aromatic carbocycles. The lowest BCUT2D eigenvalue weighted by atomic mass is 9.63. The molecule has 0 spiro atoms. The van der Waals surface area contributed by atoms with E-state index < -0.39 is 16.2 Å². The van der Waals surface area contributed by atoms with Gasteiger partial charge < -0.3 is 4.90 Å². The Morgan fingerprint density at radius 2 is 0.317 bits per heavy atom. The average Bonchev–Trinajstić information content (AvgIpc) is 1.61. The summed E-state index contributed by atoms with van der Waals surface area (Å²) in [6.07, 6.45) is 25.5. The van der Waals surface area contributed by atoms with Gasteiger partial charge >= 0.3 is 0 Å². The maximum Gasteiger partial charge on any atom is 0.0427 e. The van der Waals surface area contributed by atoms with Gasteiger partial charge in [-0.1, -0.05) is 496 Å². The largest absolute Gasteiger partial charge is 0.312 e. The molecule has 139 heavy (non-hydrogen) atoms. The molecular weight excluding hydrogens is 2080 g/mol. The van der Waals surface area contributed by atoms with Crippen LogP contribution in [-0.2, 0) is 16.2 Å². The molecule has 18 aromatic rings. The van der Waals surface area contributed by atoms with Crippen LogP contribution in [0, 0.1) is 0 Å². The Kier molecular flexibility index (Phi) is 20.7. The molecule has 0 aromatic heterocycles. The first-order valence-electron chi connectivity index (χ1n) is 48.3. The fourth-order valence-corrected chi connectivity index (χ4v) is 29.6. The summed E-state index contributed by atoms with van der Waals surface area (Å²) >= 11 is 25.4. The van der Waals surface area contributed by atoms with Gasteiger partial charge in [0, 0.05) is 95.7 Å². The number of fused-ring (bicyclic) bond motifs is 18. The molecule has 0 aliphatic heterocycles. The van der Waals surface area contributed by atoms with E-state index in [0.717, 1.165) is 43.9 Å². The van der Waals surface area contributed by atoms with Crippen LogP contribution < -0.4 is 0 Å². The quantitative estimate of drug-likeness (QED) is 0.0989. The summed E-state index contributed by atoms with van der Waals surface area (Å²) in [4.78, 5) is 2.68. The minimum absolute atomic E-state index is 0.0863. The highest BCUT2D eigenvalue weighted by molar-refractivity contribution is 9.11. The second kappa shape index (κ2) is 33.7. The third-order valence-electron chi connectivity index (χ3n) is 32.2. The van der Waals surface area contributed by atoms with Crippen molar-refractivity contribution in [3.8, 4) is 66.8 Å². The summed E-state index contributed by atoms with van der Waals surface area (Å²) < 4.78 is 6.57. The molecule has 0 radical (unpaired) electrons. The van der Waals surface area contributed by atoms with Crippen LogP contribution in [0.4, 0.5) is 0 Å². The first kappa shape index (κ1) is 85.3. The molecule has 6 atom stereocenters. The lowest BCUT2D eigenvalue weighted by Gasteiger charge is -2.43. The second-order valence-electron chi connectivity index (χ2n) is 38.6. The van der Waals surface area contributed by atoms with E-state index in [4.69, 9.17) is 0 Å². The van der Waals surface area contributed by atoms with Crippen molar-refractivity contribution in [3.63, 3.8) is 0 Å². The molecule has 7 heteroatoms. The summed E-state index contributed by atoms with van der Waals surface area (Å²) in [5, 5.41) is 0. The Hall–Kier alpha value is -12.9. The molecule has 662 valence electrons. The predicted molar refractivity (Wildman–Crippen MR) is 591 cm³/mol. The number of benzene rings is 18. The first-order valence-corrected chi connectivity index (χ1v) is 53.0. The zero-order valence-electron chi connectivity index (χ0n) is 75.6. The molecule has 6 unspecified atom stereocenters. The van der Waals surface area contributed by atoms with Crippen LogP contribution in [0.2, 0.25) is 0 Å². The smallest absolute Gasteiger partial charge is 0.0427 e. The highest BCUT2D eigenvalue weighted by atomic mass is 79.9. The number of allylic oxidation sites excluding steroid dienone is 9. The number of nitrogens with zero attached hydrogens (tertiary/aromatic N) is 1. The lowest BCUT2D eigenvalue weighted by Crippen LogP contribution is -2.35. The van der Waals surface area contributed by atoms with E-state index in [1.807, 2.05) is 0 Å². The van der Waals surface area contributed by atoms with Crippen LogP contribution in [0.3, 0.4) is 0 Å². The van der Waals surface area contributed by atoms with E-state index in [-0.39, 0.29) is 35.5 Å². The summed E-state index contributed by atoms with van der Waals surface area (Å²) in [6, 6.07) is 153. The van der Waals surface area contributed by atoms with Crippen LogP contribution in [0.15, 0.2) is 499 Å². The van der Waals surface area contributed by atoms with E-state index >= 15 is 0 Å². The fourth-order valence-electron chi connectivity index (χ4n) is 26.6. The van der Waals surface area contributed by atoms with Gasteiger partial charge in [0.25, 0.3) is 0 Å². The Morgan fingerprint density at radius 1 is 0.165 bits per heavy atom. The van der Waals surface area contributed by atoms with Gasteiger partial charge in [-0.25, -0.2) is 0 Å². The highest BCUT2D eigenvalue weighted by Gasteiger charge is 2.52. The number of hydrogen-bond acceptors (Lipinski definition) is 1. The fraction of sp³-hybridized carbons (Fsp3) is 0.0909. The van der Waals surface area contributed by atoms with Crippen molar-refractivity contribution in [2.24, 2.45) is 0 Å². The molecule has 27 rings (SSSR count). The summed E-state index contributed by atoms with van der Waals surface area (Å²) in [6.45, 7) is 0. The van der Waals surface area contributed by atoms with E-state index in [9.17, 15) is 0 Å². The number of rotatable bonds is 15. The molecule has 9 aliphatic carbocycles. The maximum atomic E-state index is 4.23. The highest BCUT2D eigenvalue weighted by Crippen LogP contribution is 2.66. The van der Waals surface area contributed by atoms with E-state index in [1.54, 1.807) is 0 Å². The number of hydrogen-bond donors (Lipinski definition) is 0. The van der Waals surface area contributed by atoms with Crippen LogP contribution in [-0.4, -0.2) is 4.90 Å². The molecule has 0 bridgehead atoms. The Labute approximate surface area is 862 Å². The zero-order valence-corrected chi connectivity index (χ0v) is 85.1. The molecule has 9 aliphatic rings. The van der Waals surface area contributed by atoms with Crippen molar-refractivity contribution in [2.45, 2.75) is 71.0 Å². The van der Waals surface area contributed by atoms with Crippen molar-refractivity contribution in [3.05, 3.63) is 633 Å².